The molecule has 0 aromatic carbocycles. The van der Waals surface area contributed by atoms with Crippen molar-refractivity contribution in [2.45, 2.75) is 33.9 Å². The van der Waals surface area contributed by atoms with Crippen molar-refractivity contribution in [1.29, 1.82) is 0 Å². The van der Waals surface area contributed by atoms with Gasteiger partial charge in [-0.1, -0.05) is 20.8 Å². The van der Waals surface area contributed by atoms with Crippen LogP contribution in [0.5, 0.6) is 0 Å². The highest BCUT2D eigenvalue weighted by Crippen LogP contribution is 2.05. The summed E-state index contributed by atoms with van der Waals surface area (Å²) in [4.78, 5) is 20.8. The van der Waals surface area contributed by atoms with Crippen molar-refractivity contribution in [3.8, 4) is 0 Å². The van der Waals surface area contributed by atoms with E-state index in [-0.39, 0.29) is 6.03 Å². The van der Waals surface area contributed by atoms with E-state index in [1.165, 1.54) is 0 Å². The van der Waals surface area contributed by atoms with Crippen LogP contribution < -0.4 is 5.32 Å². The number of likely N-dealkylation sites (N-methyl/N-ethyl adjacent to an activating group) is 1. The lowest BCUT2D eigenvalue weighted by molar-refractivity contribution is 0.142. The molecule has 0 radical (unpaired) electrons. The fourth-order valence-corrected chi connectivity index (χ4v) is 2.60. The molecule has 1 fully saturated rings. The van der Waals surface area contributed by atoms with Gasteiger partial charge in [0.25, 0.3) is 0 Å². The molecule has 1 aliphatic heterocycles. The summed E-state index contributed by atoms with van der Waals surface area (Å²) in [6.07, 6.45) is 3.77. The molecular formula is C15H27N5O. The van der Waals surface area contributed by atoms with Crippen molar-refractivity contribution < 1.29 is 4.79 Å². The first-order chi connectivity index (χ1) is 10.1. The second-order valence-corrected chi connectivity index (χ2v) is 5.97. The van der Waals surface area contributed by atoms with Crippen molar-refractivity contribution in [3.05, 3.63) is 18.2 Å². The molecule has 0 bridgehead atoms. The zero-order valence-electron chi connectivity index (χ0n) is 13.4. The lowest BCUT2D eigenvalue weighted by Gasteiger charge is -2.33. The van der Waals surface area contributed by atoms with Gasteiger partial charge in [-0.3, -0.25) is 0 Å². The molecular weight excluding hydrogens is 266 g/mol. The van der Waals surface area contributed by atoms with Gasteiger partial charge in [0.05, 0.1) is 6.54 Å². The maximum atomic E-state index is 12.2. The predicted octanol–water partition coefficient (Wildman–Crippen LogP) is 1.39. The van der Waals surface area contributed by atoms with Crippen LogP contribution in [0, 0.1) is 5.92 Å². The summed E-state index contributed by atoms with van der Waals surface area (Å²) in [5.41, 5.74) is 0. The summed E-state index contributed by atoms with van der Waals surface area (Å²) in [7, 11) is 0. The Labute approximate surface area is 127 Å². The van der Waals surface area contributed by atoms with Crippen LogP contribution in [0.15, 0.2) is 12.4 Å². The lowest BCUT2D eigenvalue weighted by atomic mass is 10.2. The molecule has 1 aromatic heterocycles. The minimum atomic E-state index is 0.0184. The smallest absolute Gasteiger partial charge is 0.317 e. The van der Waals surface area contributed by atoms with Crippen LogP contribution >= 0.6 is 0 Å². The molecule has 6 heteroatoms. The van der Waals surface area contributed by atoms with E-state index in [4.69, 9.17) is 0 Å². The largest absolute Gasteiger partial charge is 0.333 e. The van der Waals surface area contributed by atoms with E-state index in [2.05, 4.69) is 40.5 Å². The average Bonchev–Trinajstić information content (AvgIpc) is 2.91. The molecule has 0 spiro atoms. The highest BCUT2D eigenvalue weighted by Gasteiger charge is 2.20. The standard InChI is InChI=1S/C15H27N5O/c1-4-18-7-9-19(10-8-18)15(21)17-11-14-16-5-6-20(14)12-13(2)3/h5-6,13H,4,7-12H2,1-3H3,(H,17,21). The number of aromatic nitrogens is 2. The van der Waals surface area contributed by atoms with Gasteiger partial charge in [-0.05, 0) is 12.5 Å². The molecule has 1 N–H and O–H groups in total. The maximum Gasteiger partial charge on any atom is 0.317 e. The Kier molecular flexibility index (Phi) is 5.61. The number of carbonyl (C=O) groups excluding carboxylic acids is 1. The summed E-state index contributed by atoms with van der Waals surface area (Å²) < 4.78 is 2.11. The molecule has 0 aliphatic carbocycles. The molecule has 0 atom stereocenters. The molecule has 2 heterocycles. The highest BCUT2D eigenvalue weighted by molar-refractivity contribution is 5.74. The zero-order valence-corrected chi connectivity index (χ0v) is 13.4. The highest BCUT2D eigenvalue weighted by atomic mass is 16.2. The van der Waals surface area contributed by atoms with Crippen LogP contribution in [0.3, 0.4) is 0 Å². The maximum absolute atomic E-state index is 12.2. The van der Waals surface area contributed by atoms with Gasteiger partial charge in [0.1, 0.15) is 5.82 Å². The van der Waals surface area contributed by atoms with E-state index < -0.39 is 0 Å². The molecule has 1 aliphatic rings. The first kappa shape index (κ1) is 15.8. The number of imidazole rings is 1. The van der Waals surface area contributed by atoms with Gasteiger partial charge in [-0.15, -0.1) is 0 Å². The number of amides is 2. The van der Waals surface area contributed by atoms with Crippen LogP contribution in [0.1, 0.15) is 26.6 Å². The van der Waals surface area contributed by atoms with Gasteiger partial charge in [-0.25, -0.2) is 9.78 Å². The minimum absolute atomic E-state index is 0.0184. The van der Waals surface area contributed by atoms with E-state index in [0.717, 1.165) is 45.1 Å². The van der Waals surface area contributed by atoms with E-state index in [1.807, 2.05) is 11.1 Å². The quantitative estimate of drug-likeness (QED) is 0.892. The van der Waals surface area contributed by atoms with E-state index in [9.17, 15) is 4.79 Å². The number of nitrogens with zero attached hydrogens (tertiary/aromatic N) is 4. The average molecular weight is 293 g/mol. The SMILES string of the molecule is CCN1CCN(C(=O)NCc2nccn2CC(C)C)CC1. The summed E-state index contributed by atoms with van der Waals surface area (Å²) in [6.45, 7) is 12.5. The number of hydrogen-bond donors (Lipinski definition) is 1. The third-order valence-corrected chi connectivity index (χ3v) is 3.87. The number of nitrogens with one attached hydrogen (secondary N) is 1. The Hall–Kier alpha value is -1.56. The minimum Gasteiger partial charge on any atom is -0.333 e. The topological polar surface area (TPSA) is 53.4 Å². The van der Waals surface area contributed by atoms with Gasteiger partial charge in [-0.2, -0.15) is 0 Å². The molecule has 6 nitrogen and oxygen atoms in total. The molecule has 2 amide bonds. The zero-order chi connectivity index (χ0) is 15.2. The third kappa shape index (κ3) is 4.46. The van der Waals surface area contributed by atoms with E-state index >= 15 is 0 Å². The van der Waals surface area contributed by atoms with Gasteiger partial charge >= 0.3 is 6.03 Å². The second kappa shape index (κ2) is 7.45. The second-order valence-electron chi connectivity index (χ2n) is 5.97. The Bertz CT molecular complexity index is 449. The van der Waals surface area contributed by atoms with Gasteiger partial charge in [0, 0.05) is 45.1 Å². The molecule has 118 valence electrons. The number of urea groups is 1. The van der Waals surface area contributed by atoms with Crippen LogP contribution in [0.2, 0.25) is 0 Å². The van der Waals surface area contributed by atoms with Gasteiger partial charge in [0.15, 0.2) is 0 Å². The van der Waals surface area contributed by atoms with Crippen LogP contribution in [0.25, 0.3) is 0 Å². The molecule has 1 aromatic rings. The normalized spacial score (nSPS) is 16.5. The summed E-state index contributed by atoms with van der Waals surface area (Å²) in [6, 6.07) is 0.0184. The first-order valence-electron chi connectivity index (χ1n) is 7.85. The molecule has 0 unspecified atom stereocenters. The molecule has 2 rings (SSSR count). The van der Waals surface area contributed by atoms with Crippen LogP contribution in [-0.4, -0.2) is 58.1 Å². The van der Waals surface area contributed by atoms with Crippen LogP contribution in [-0.2, 0) is 13.1 Å². The fraction of sp³-hybridized carbons (Fsp3) is 0.733. The molecule has 1 saturated heterocycles. The van der Waals surface area contributed by atoms with E-state index in [0.29, 0.717) is 12.5 Å². The van der Waals surface area contributed by atoms with Gasteiger partial charge in [0.2, 0.25) is 0 Å². The third-order valence-electron chi connectivity index (χ3n) is 3.87. The van der Waals surface area contributed by atoms with E-state index in [1.54, 1.807) is 6.20 Å². The fourth-order valence-electron chi connectivity index (χ4n) is 2.60. The monoisotopic (exact) mass is 293 g/mol. The summed E-state index contributed by atoms with van der Waals surface area (Å²) in [5.74, 6) is 1.49. The Morgan fingerprint density at radius 1 is 1.33 bits per heavy atom. The van der Waals surface area contributed by atoms with Crippen molar-refractivity contribution in [1.82, 2.24) is 24.7 Å². The predicted molar refractivity (Wildman–Crippen MR) is 83.0 cm³/mol. The number of piperazine rings is 1. The molecule has 21 heavy (non-hydrogen) atoms. The number of hydrogen-bond acceptors (Lipinski definition) is 3. The summed E-state index contributed by atoms with van der Waals surface area (Å²) in [5, 5.41) is 2.99. The first-order valence-corrected chi connectivity index (χ1v) is 7.85. The van der Waals surface area contributed by atoms with Gasteiger partial charge < -0.3 is 19.7 Å². The van der Waals surface area contributed by atoms with Crippen molar-refractivity contribution in [2.75, 3.05) is 32.7 Å². The van der Waals surface area contributed by atoms with Crippen molar-refractivity contribution in [2.24, 2.45) is 5.92 Å². The Morgan fingerprint density at radius 2 is 2.05 bits per heavy atom. The van der Waals surface area contributed by atoms with Crippen molar-refractivity contribution >= 4 is 6.03 Å². The van der Waals surface area contributed by atoms with Crippen molar-refractivity contribution in [3.63, 3.8) is 0 Å². The molecule has 0 saturated carbocycles. The summed E-state index contributed by atoms with van der Waals surface area (Å²) >= 11 is 0. The Morgan fingerprint density at radius 3 is 2.67 bits per heavy atom. The Balaban J connectivity index is 1.80. The lowest BCUT2D eigenvalue weighted by Crippen LogP contribution is -2.51. The number of carbonyl (C=O) groups is 1. The van der Waals surface area contributed by atoms with Crippen LogP contribution in [0.4, 0.5) is 4.79 Å². The number of rotatable bonds is 5.